The van der Waals surface area contributed by atoms with Crippen LogP contribution in [0, 0.1) is 13.8 Å². The molecule has 0 aliphatic heterocycles. The van der Waals surface area contributed by atoms with Crippen LogP contribution < -0.4 is 9.47 Å². The third-order valence-corrected chi connectivity index (χ3v) is 3.38. The van der Waals surface area contributed by atoms with Crippen LogP contribution in [0.2, 0.25) is 0 Å². The van der Waals surface area contributed by atoms with E-state index in [4.69, 9.17) is 9.47 Å². The van der Waals surface area contributed by atoms with Crippen LogP contribution in [0.1, 0.15) is 29.2 Å². The van der Waals surface area contributed by atoms with Gasteiger partial charge in [-0.05, 0) is 49.6 Å². The topological polar surface area (TPSA) is 38.7 Å². The van der Waals surface area contributed by atoms with Gasteiger partial charge in [0.15, 0.2) is 11.5 Å². The van der Waals surface area contributed by atoms with Gasteiger partial charge in [-0.25, -0.2) is 0 Å². The van der Waals surface area contributed by atoms with Crippen molar-refractivity contribution in [3.05, 3.63) is 58.7 Å². The Morgan fingerprint density at radius 3 is 2.48 bits per heavy atom. The second-order valence-electron chi connectivity index (χ2n) is 5.09. The zero-order chi connectivity index (χ0) is 15.2. The Hall–Kier alpha value is -2.00. The average Bonchev–Trinajstić information content (AvgIpc) is 2.49. The standard InChI is InChI=1S/C18H22O3/c1-4-20-18-10-15(11-19)7-8-17(18)21-12-16-9-13(2)5-6-14(16)3/h5-10,19H,4,11-12H2,1-3H3. The molecule has 3 heteroatoms. The molecule has 3 nitrogen and oxygen atoms in total. The van der Waals surface area contributed by atoms with Crippen molar-refractivity contribution in [3.8, 4) is 11.5 Å². The van der Waals surface area contributed by atoms with Gasteiger partial charge in [0, 0.05) is 0 Å². The summed E-state index contributed by atoms with van der Waals surface area (Å²) in [6.45, 7) is 7.15. The van der Waals surface area contributed by atoms with Gasteiger partial charge >= 0.3 is 0 Å². The minimum Gasteiger partial charge on any atom is -0.490 e. The summed E-state index contributed by atoms with van der Waals surface area (Å²) in [6, 6.07) is 11.9. The Balaban J connectivity index is 2.17. The first-order chi connectivity index (χ1) is 10.1. The van der Waals surface area contributed by atoms with E-state index in [2.05, 4.69) is 32.0 Å². The van der Waals surface area contributed by atoms with Crippen LogP contribution in [-0.2, 0) is 13.2 Å². The van der Waals surface area contributed by atoms with Crippen molar-refractivity contribution in [2.24, 2.45) is 0 Å². The number of aryl methyl sites for hydroxylation is 2. The van der Waals surface area contributed by atoms with Gasteiger partial charge in [-0.2, -0.15) is 0 Å². The molecule has 112 valence electrons. The van der Waals surface area contributed by atoms with Crippen molar-refractivity contribution in [1.29, 1.82) is 0 Å². The minimum absolute atomic E-state index is 0.00264. The van der Waals surface area contributed by atoms with E-state index in [9.17, 15) is 5.11 Å². The van der Waals surface area contributed by atoms with Gasteiger partial charge in [-0.15, -0.1) is 0 Å². The Labute approximate surface area is 126 Å². The summed E-state index contributed by atoms with van der Waals surface area (Å²) < 4.78 is 11.5. The number of hydrogen-bond acceptors (Lipinski definition) is 3. The van der Waals surface area contributed by atoms with Crippen molar-refractivity contribution in [2.45, 2.75) is 34.0 Å². The first-order valence-corrected chi connectivity index (χ1v) is 7.19. The number of aliphatic hydroxyl groups is 1. The van der Waals surface area contributed by atoms with Gasteiger partial charge in [-0.1, -0.05) is 29.8 Å². The molecule has 21 heavy (non-hydrogen) atoms. The van der Waals surface area contributed by atoms with E-state index in [-0.39, 0.29) is 6.61 Å². The van der Waals surface area contributed by atoms with Gasteiger partial charge < -0.3 is 14.6 Å². The maximum atomic E-state index is 9.20. The fraction of sp³-hybridized carbons (Fsp3) is 0.333. The molecule has 0 saturated heterocycles. The van der Waals surface area contributed by atoms with Crippen molar-refractivity contribution < 1.29 is 14.6 Å². The van der Waals surface area contributed by atoms with Gasteiger partial charge in [0.25, 0.3) is 0 Å². The first-order valence-electron chi connectivity index (χ1n) is 7.19. The molecule has 0 aromatic heterocycles. The predicted molar refractivity (Wildman–Crippen MR) is 83.8 cm³/mol. The summed E-state index contributed by atoms with van der Waals surface area (Å²) >= 11 is 0. The van der Waals surface area contributed by atoms with Crippen LogP contribution in [0.5, 0.6) is 11.5 Å². The Bertz CT molecular complexity index is 605. The number of hydrogen-bond donors (Lipinski definition) is 1. The van der Waals surface area contributed by atoms with E-state index in [1.807, 2.05) is 25.1 Å². The number of ether oxygens (including phenoxy) is 2. The molecule has 0 radical (unpaired) electrons. The molecule has 0 amide bonds. The normalized spacial score (nSPS) is 10.5. The third kappa shape index (κ3) is 3.99. The molecule has 0 aliphatic rings. The lowest BCUT2D eigenvalue weighted by Gasteiger charge is -2.14. The quantitative estimate of drug-likeness (QED) is 0.878. The predicted octanol–water partition coefficient (Wildman–Crippen LogP) is 3.77. The van der Waals surface area contributed by atoms with E-state index >= 15 is 0 Å². The molecule has 0 bridgehead atoms. The van der Waals surface area contributed by atoms with E-state index in [0.717, 1.165) is 5.56 Å². The lowest BCUT2D eigenvalue weighted by Crippen LogP contribution is -2.02. The Kier molecular flexibility index (Phi) is 5.23. The van der Waals surface area contributed by atoms with Gasteiger partial charge in [0.1, 0.15) is 6.61 Å². The van der Waals surface area contributed by atoms with Gasteiger partial charge in [0.05, 0.1) is 13.2 Å². The number of aliphatic hydroxyl groups excluding tert-OH is 1. The highest BCUT2D eigenvalue weighted by Gasteiger charge is 2.08. The molecule has 2 rings (SSSR count). The first kappa shape index (κ1) is 15.4. The molecule has 0 unspecified atom stereocenters. The fourth-order valence-electron chi connectivity index (χ4n) is 2.15. The smallest absolute Gasteiger partial charge is 0.161 e. The molecular formula is C18H22O3. The molecule has 0 fully saturated rings. The van der Waals surface area contributed by atoms with Crippen LogP contribution >= 0.6 is 0 Å². The van der Waals surface area contributed by atoms with E-state index in [1.165, 1.54) is 16.7 Å². The minimum atomic E-state index is -0.00264. The van der Waals surface area contributed by atoms with Crippen LogP contribution in [-0.4, -0.2) is 11.7 Å². The summed E-state index contributed by atoms with van der Waals surface area (Å²) in [5, 5.41) is 9.20. The van der Waals surface area contributed by atoms with Crippen molar-refractivity contribution in [1.82, 2.24) is 0 Å². The van der Waals surface area contributed by atoms with Crippen molar-refractivity contribution in [2.75, 3.05) is 6.61 Å². The average molecular weight is 286 g/mol. The second-order valence-corrected chi connectivity index (χ2v) is 5.09. The summed E-state index contributed by atoms with van der Waals surface area (Å²) in [4.78, 5) is 0. The zero-order valence-corrected chi connectivity index (χ0v) is 12.8. The second kappa shape index (κ2) is 7.14. The van der Waals surface area contributed by atoms with Gasteiger partial charge in [-0.3, -0.25) is 0 Å². The summed E-state index contributed by atoms with van der Waals surface area (Å²) in [5.74, 6) is 1.38. The zero-order valence-electron chi connectivity index (χ0n) is 12.8. The summed E-state index contributed by atoms with van der Waals surface area (Å²) in [5.41, 5.74) is 4.42. The molecule has 1 N–H and O–H groups in total. The molecule has 2 aromatic carbocycles. The van der Waals surface area contributed by atoms with Crippen LogP contribution in [0.3, 0.4) is 0 Å². The third-order valence-electron chi connectivity index (χ3n) is 3.38. The summed E-state index contributed by atoms with van der Waals surface area (Å²) in [6.07, 6.45) is 0. The Morgan fingerprint density at radius 1 is 0.952 bits per heavy atom. The molecule has 0 atom stereocenters. The summed E-state index contributed by atoms with van der Waals surface area (Å²) in [7, 11) is 0. The number of benzene rings is 2. The molecule has 0 saturated carbocycles. The van der Waals surface area contributed by atoms with Crippen LogP contribution in [0.25, 0.3) is 0 Å². The van der Waals surface area contributed by atoms with E-state index < -0.39 is 0 Å². The lowest BCUT2D eigenvalue weighted by molar-refractivity contribution is 0.263. The molecule has 0 heterocycles. The van der Waals surface area contributed by atoms with Gasteiger partial charge in [0.2, 0.25) is 0 Å². The lowest BCUT2D eigenvalue weighted by atomic mass is 10.1. The monoisotopic (exact) mass is 286 g/mol. The maximum absolute atomic E-state index is 9.20. The Morgan fingerprint density at radius 2 is 1.76 bits per heavy atom. The van der Waals surface area contributed by atoms with Crippen LogP contribution in [0.15, 0.2) is 36.4 Å². The number of rotatable bonds is 6. The highest BCUT2D eigenvalue weighted by molar-refractivity contribution is 5.43. The molecule has 2 aromatic rings. The maximum Gasteiger partial charge on any atom is 0.161 e. The highest BCUT2D eigenvalue weighted by atomic mass is 16.5. The molecule has 0 spiro atoms. The molecular weight excluding hydrogens is 264 g/mol. The molecule has 0 aliphatic carbocycles. The van der Waals surface area contributed by atoms with E-state index in [1.54, 1.807) is 0 Å². The van der Waals surface area contributed by atoms with E-state index in [0.29, 0.717) is 24.7 Å². The largest absolute Gasteiger partial charge is 0.490 e. The van der Waals surface area contributed by atoms with Crippen molar-refractivity contribution in [3.63, 3.8) is 0 Å². The SMILES string of the molecule is CCOc1cc(CO)ccc1OCc1cc(C)ccc1C. The highest BCUT2D eigenvalue weighted by Crippen LogP contribution is 2.29. The van der Waals surface area contributed by atoms with Crippen molar-refractivity contribution >= 4 is 0 Å². The van der Waals surface area contributed by atoms with Crippen LogP contribution in [0.4, 0.5) is 0 Å². The fourth-order valence-corrected chi connectivity index (χ4v) is 2.15.